The van der Waals surface area contributed by atoms with Crippen LogP contribution in [0.1, 0.15) is 26.7 Å². The van der Waals surface area contributed by atoms with Crippen LogP contribution >= 0.6 is 24.2 Å². The van der Waals surface area contributed by atoms with Gasteiger partial charge in [-0.3, -0.25) is 4.79 Å². The number of carbonyl (C=O) groups is 1. The van der Waals surface area contributed by atoms with Gasteiger partial charge in [0.05, 0.1) is 6.10 Å². The average molecular weight is 297 g/mol. The molecule has 0 aliphatic carbocycles. The first kappa shape index (κ1) is 18.0. The van der Waals surface area contributed by atoms with E-state index in [1.54, 1.807) is 6.92 Å². The fourth-order valence-electron chi connectivity index (χ4n) is 2.00. The molecule has 0 bridgehead atoms. The molecule has 1 aliphatic heterocycles. The highest BCUT2D eigenvalue weighted by molar-refractivity contribution is 7.99. The quantitative estimate of drug-likeness (QED) is 0.685. The van der Waals surface area contributed by atoms with Crippen molar-refractivity contribution in [3.8, 4) is 0 Å². The number of aliphatic hydroxyl groups is 1. The van der Waals surface area contributed by atoms with Crippen molar-refractivity contribution in [1.29, 1.82) is 0 Å². The van der Waals surface area contributed by atoms with Gasteiger partial charge in [-0.15, -0.1) is 12.4 Å². The zero-order valence-corrected chi connectivity index (χ0v) is 12.8. The highest BCUT2D eigenvalue weighted by atomic mass is 35.5. The molecule has 108 valence electrons. The van der Waals surface area contributed by atoms with E-state index >= 15 is 0 Å². The molecule has 1 saturated heterocycles. The molecule has 0 aromatic carbocycles. The van der Waals surface area contributed by atoms with Gasteiger partial charge < -0.3 is 15.7 Å². The van der Waals surface area contributed by atoms with Crippen molar-refractivity contribution in [3.05, 3.63) is 0 Å². The number of aliphatic hydroxyl groups excluding tert-OH is 1. The Kier molecular flexibility index (Phi) is 9.91. The molecule has 18 heavy (non-hydrogen) atoms. The minimum absolute atomic E-state index is 0. The number of carbonyl (C=O) groups excluding carboxylic acids is 1. The fraction of sp³-hybridized carbons (Fsp3) is 0.917. The number of hydrogen-bond acceptors (Lipinski definition) is 4. The molecule has 0 saturated carbocycles. The van der Waals surface area contributed by atoms with Crippen molar-refractivity contribution in [2.45, 2.75) is 38.8 Å². The third kappa shape index (κ3) is 8.19. The lowest BCUT2D eigenvalue weighted by molar-refractivity contribution is -0.121. The van der Waals surface area contributed by atoms with E-state index < -0.39 is 0 Å². The van der Waals surface area contributed by atoms with E-state index in [2.05, 4.69) is 10.6 Å². The summed E-state index contributed by atoms with van der Waals surface area (Å²) in [4.78, 5) is 11.7. The maximum Gasteiger partial charge on any atom is 0.221 e. The molecule has 3 unspecified atom stereocenters. The molecular formula is C12H25ClN2O2S. The topological polar surface area (TPSA) is 61.4 Å². The predicted octanol–water partition coefficient (Wildman–Crippen LogP) is 1.03. The zero-order chi connectivity index (χ0) is 12.7. The largest absolute Gasteiger partial charge is 0.393 e. The van der Waals surface area contributed by atoms with Gasteiger partial charge in [0.15, 0.2) is 0 Å². The lowest BCUT2D eigenvalue weighted by atomic mass is 10.0. The van der Waals surface area contributed by atoms with E-state index in [4.69, 9.17) is 0 Å². The number of amides is 1. The summed E-state index contributed by atoms with van der Waals surface area (Å²) in [6.45, 7) is 5.48. The van der Waals surface area contributed by atoms with Crippen molar-refractivity contribution in [2.24, 2.45) is 5.92 Å². The monoisotopic (exact) mass is 296 g/mol. The van der Waals surface area contributed by atoms with Crippen LogP contribution in [0.4, 0.5) is 0 Å². The minimum Gasteiger partial charge on any atom is -0.393 e. The van der Waals surface area contributed by atoms with Gasteiger partial charge >= 0.3 is 0 Å². The Bertz CT molecular complexity index is 236. The van der Waals surface area contributed by atoms with Gasteiger partial charge in [0, 0.05) is 37.1 Å². The Labute approximate surface area is 120 Å². The van der Waals surface area contributed by atoms with Gasteiger partial charge in [-0.25, -0.2) is 0 Å². The summed E-state index contributed by atoms with van der Waals surface area (Å²) >= 11 is 1.90. The molecule has 0 radical (unpaired) electrons. The molecule has 3 atom stereocenters. The molecule has 0 aromatic rings. The summed E-state index contributed by atoms with van der Waals surface area (Å²) in [5.74, 6) is 2.61. The Morgan fingerprint density at radius 1 is 1.56 bits per heavy atom. The van der Waals surface area contributed by atoms with Crippen LogP contribution in [0.15, 0.2) is 0 Å². The molecular weight excluding hydrogens is 272 g/mol. The van der Waals surface area contributed by atoms with E-state index in [0.29, 0.717) is 24.9 Å². The number of halogens is 1. The molecule has 0 spiro atoms. The molecule has 6 heteroatoms. The van der Waals surface area contributed by atoms with Crippen LogP contribution in [0.25, 0.3) is 0 Å². The second-order valence-electron chi connectivity index (χ2n) is 4.92. The van der Waals surface area contributed by atoms with E-state index in [0.717, 1.165) is 24.5 Å². The molecule has 1 heterocycles. The van der Waals surface area contributed by atoms with E-state index in [-0.39, 0.29) is 24.4 Å². The Balaban J connectivity index is 0.00000289. The van der Waals surface area contributed by atoms with Crippen LogP contribution in [0, 0.1) is 5.92 Å². The van der Waals surface area contributed by atoms with Crippen LogP contribution < -0.4 is 10.6 Å². The molecule has 1 fully saturated rings. The van der Waals surface area contributed by atoms with Crippen molar-refractivity contribution in [3.63, 3.8) is 0 Å². The van der Waals surface area contributed by atoms with E-state index in [1.165, 1.54) is 0 Å². The smallest absolute Gasteiger partial charge is 0.221 e. The third-order valence-electron chi connectivity index (χ3n) is 2.82. The summed E-state index contributed by atoms with van der Waals surface area (Å²) < 4.78 is 0. The summed E-state index contributed by atoms with van der Waals surface area (Å²) in [7, 11) is 0. The summed E-state index contributed by atoms with van der Waals surface area (Å²) in [6.07, 6.45) is 1.00. The van der Waals surface area contributed by atoms with Crippen LogP contribution in [0.3, 0.4) is 0 Å². The normalized spacial score (nSPS) is 22.7. The number of hydrogen-bond donors (Lipinski definition) is 3. The van der Waals surface area contributed by atoms with Crippen LogP contribution in [0.5, 0.6) is 0 Å². The SMILES string of the molecule is CC(O)CC(C)CNC(=O)CC1CSCCN1.Cl. The highest BCUT2D eigenvalue weighted by Crippen LogP contribution is 2.10. The highest BCUT2D eigenvalue weighted by Gasteiger charge is 2.17. The molecule has 3 N–H and O–H groups in total. The van der Waals surface area contributed by atoms with Gasteiger partial charge in [-0.2, -0.15) is 11.8 Å². The van der Waals surface area contributed by atoms with Crippen LogP contribution in [-0.4, -0.2) is 47.8 Å². The maximum atomic E-state index is 11.7. The predicted molar refractivity (Wildman–Crippen MR) is 79.5 cm³/mol. The minimum atomic E-state index is -0.293. The molecule has 0 aromatic heterocycles. The first-order valence-corrected chi connectivity index (χ1v) is 7.49. The van der Waals surface area contributed by atoms with Crippen LogP contribution in [0.2, 0.25) is 0 Å². The van der Waals surface area contributed by atoms with Gasteiger partial charge in [-0.05, 0) is 19.3 Å². The maximum absolute atomic E-state index is 11.7. The molecule has 1 rings (SSSR count). The van der Waals surface area contributed by atoms with Gasteiger partial charge in [0.25, 0.3) is 0 Å². The number of nitrogens with one attached hydrogen (secondary N) is 2. The van der Waals surface area contributed by atoms with Crippen molar-refractivity contribution in [2.75, 3.05) is 24.6 Å². The summed E-state index contributed by atoms with van der Waals surface area (Å²) in [5.41, 5.74) is 0. The summed E-state index contributed by atoms with van der Waals surface area (Å²) in [6, 6.07) is 0.320. The summed E-state index contributed by atoms with van der Waals surface area (Å²) in [5, 5.41) is 15.5. The average Bonchev–Trinajstić information content (AvgIpc) is 2.27. The Morgan fingerprint density at radius 3 is 2.83 bits per heavy atom. The molecule has 4 nitrogen and oxygen atoms in total. The second-order valence-corrected chi connectivity index (χ2v) is 6.07. The Morgan fingerprint density at radius 2 is 2.28 bits per heavy atom. The Hall–Kier alpha value is 0.0300. The van der Waals surface area contributed by atoms with Gasteiger partial charge in [-0.1, -0.05) is 6.92 Å². The van der Waals surface area contributed by atoms with Gasteiger partial charge in [0.1, 0.15) is 0 Å². The van der Waals surface area contributed by atoms with Crippen molar-refractivity contribution < 1.29 is 9.90 Å². The number of thioether (sulfide) groups is 1. The van der Waals surface area contributed by atoms with Crippen molar-refractivity contribution in [1.82, 2.24) is 10.6 Å². The molecule has 1 aliphatic rings. The molecule has 1 amide bonds. The standard InChI is InChI=1S/C12H24N2O2S.ClH/c1-9(5-10(2)15)7-14-12(16)6-11-8-17-4-3-13-11;/h9-11,13,15H,3-8H2,1-2H3,(H,14,16);1H. The van der Waals surface area contributed by atoms with Crippen LogP contribution in [-0.2, 0) is 4.79 Å². The van der Waals surface area contributed by atoms with Crippen molar-refractivity contribution >= 4 is 30.1 Å². The van der Waals surface area contributed by atoms with E-state index in [9.17, 15) is 9.90 Å². The fourth-order valence-corrected chi connectivity index (χ4v) is 2.95. The first-order valence-electron chi connectivity index (χ1n) is 6.33. The lowest BCUT2D eigenvalue weighted by Crippen LogP contribution is -2.42. The lowest BCUT2D eigenvalue weighted by Gasteiger charge is -2.23. The first-order chi connectivity index (χ1) is 8.08. The van der Waals surface area contributed by atoms with E-state index in [1.807, 2.05) is 18.7 Å². The van der Waals surface area contributed by atoms with Gasteiger partial charge in [0.2, 0.25) is 5.91 Å². The second kappa shape index (κ2) is 9.89. The zero-order valence-electron chi connectivity index (χ0n) is 11.1. The number of rotatable bonds is 6. The third-order valence-corrected chi connectivity index (χ3v) is 3.95.